The molecule has 0 amide bonds. The summed E-state index contributed by atoms with van der Waals surface area (Å²) in [4.78, 5) is 12.9. The van der Waals surface area contributed by atoms with Gasteiger partial charge in [0, 0.05) is 5.75 Å². The Morgan fingerprint density at radius 3 is 2.88 bits per heavy atom. The molecule has 3 rings (SSSR count). The van der Waals surface area contributed by atoms with Crippen LogP contribution in [0.15, 0.2) is 26.2 Å². The van der Waals surface area contributed by atoms with Crippen LogP contribution >= 0.6 is 11.8 Å². The molecule has 2 aromatic rings. The first-order valence-electron chi connectivity index (χ1n) is 9.46. The van der Waals surface area contributed by atoms with E-state index in [-0.39, 0.29) is 17.3 Å². The smallest absolute Gasteiger partial charge is 0.350 e. The molecule has 1 aromatic carbocycles. The minimum Gasteiger partial charge on any atom is -0.507 e. The molecule has 4 heteroatoms. The second kappa shape index (κ2) is 7.86. The highest BCUT2D eigenvalue weighted by Crippen LogP contribution is 2.44. The summed E-state index contributed by atoms with van der Waals surface area (Å²) < 4.78 is 5.52. The van der Waals surface area contributed by atoms with E-state index in [0.29, 0.717) is 16.4 Å². The largest absolute Gasteiger partial charge is 0.507 e. The molecule has 0 spiro atoms. The van der Waals surface area contributed by atoms with E-state index in [1.54, 1.807) is 0 Å². The van der Waals surface area contributed by atoms with Gasteiger partial charge in [0.25, 0.3) is 0 Å². The van der Waals surface area contributed by atoms with Crippen molar-refractivity contribution in [1.29, 1.82) is 0 Å². The summed E-state index contributed by atoms with van der Waals surface area (Å²) >= 11 is 1.54. The lowest BCUT2D eigenvalue weighted by molar-refractivity contribution is 0.460. The third-order valence-electron chi connectivity index (χ3n) is 5.24. The molecule has 1 aliphatic heterocycles. The van der Waals surface area contributed by atoms with Gasteiger partial charge in [0.05, 0.1) is 10.3 Å². The Morgan fingerprint density at radius 2 is 2.12 bits per heavy atom. The second-order valence-electron chi connectivity index (χ2n) is 7.47. The van der Waals surface area contributed by atoms with E-state index in [1.807, 2.05) is 12.1 Å². The number of hydrogen-bond donors (Lipinski definition) is 1. The molecular formula is C21H28O3S. The molecule has 0 saturated heterocycles. The summed E-state index contributed by atoms with van der Waals surface area (Å²) in [7, 11) is 0. The van der Waals surface area contributed by atoms with Crippen LogP contribution in [0.25, 0.3) is 11.0 Å². The average Bonchev–Trinajstić information content (AvgIpc) is 2.95. The van der Waals surface area contributed by atoms with Crippen molar-refractivity contribution >= 4 is 22.7 Å². The van der Waals surface area contributed by atoms with E-state index in [9.17, 15) is 9.90 Å². The third kappa shape index (κ3) is 3.89. The molecule has 0 fully saturated rings. The first kappa shape index (κ1) is 18.4. The Labute approximate surface area is 153 Å². The Bertz CT molecular complexity index is 809. The van der Waals surface area contributed by atoms with Crippen LogP contribution < -0.4 is 5.63 Å². The molecule has 0 radical (unpaired) electrons. The first-order chi connectivity index (χ1) is 12.0. The highest BCUT2D eigenvalue weighted by molar-refractivity contribution is 7.99. The van der Waals surface area contributed by atoms with Crippen LogP contribution in [0.5, 0.6) is 5.75 Å². The van der Waals surface area contributed by atoms with Crippen LogP contribution in [-0.4, -0.2) is 10.9 Å². The third-order valence-corrected chi connectivity index (χ3v) is 6.58. The molecule has 2 heterocycles. The monoisotopic (exact) mass is 360 g/mol. The lowest BCUT2D eigenvalue weighted by Gasteiger charge is -2.13. The lowest BCUT2D eigenvalue weighted by Crippen LogP contribution is -2.05. The molecule has 3 nitrogen and oxygen atoms in total. The van der Waals surface area contributed by atoms with E-state index in [1.165, 1.54) is 37.4 Å². The van der Waals surface area contributed by atoms with Gasteiger partial charge >= 0.3 is 5.63 Å². The van der Waals surface area contributed by atoms with Gasteiger partial charge in [-0.05, 0) is 47.9 Å². The van der Waals surface area contributed by atoms with E-state index >= 15 is 0 Å². The number of phenols is 1. The molecule has 0 saturated carbocycles. The summed E-state index contributed by atoms with van der Waals surface area (Å²) in [5, 5.41) is 11.3. The maximum atomic E-state index is 12.2. The minimum atomic E-state index is -0.263. The van der Waals surface area contributed by atoms with Crippen LogP contribution in [-0.2, 0) is 6.42 Å². The Hall–Kier alpha value is -1.42. The predicted molar refractivity (Wildman–Crippen MR) is 105 cm³/mol. The number of thioether (sulfide) groups is 1. The molecule has 25 heavy (non-hydrogen) atoms. The number of aromatic hydroxyl groups is 1. The van der Waals surface area contributed by atoms with Gasteiger partial charge in [-0.1, -0.05) is 46.5 Å². The Balaban J connectivity index is 1.83. The second-order valence-corrected chi connectivity index (χ2v) is 8.50. The average molecular weight is 361 g/mol. The SMILES string of the molecule is CCCCCC(C)CCc1cc(O)c2c3c(c(=O)oc2c1)SCC3C. The van der Waals surface area contributed by atoms with E-state index in [4.69, 9.17) is 4.42 Å². The summed E-state index contributed by atoms with van der Waals surface area (Å²) in [6.07, 6.45) is 7.10. The zero-order valence-electron chi connectivity index (χ0n) is 15.4. The van der Waals surface area contributed by atoms with Gasteiger partial charge < -0.3 is 9.52 Å². The zero-order chi connectivity index (χ0) is 18.0. The first-order valence-corrected chi connectivity index (χ1v) is 10.4. The minimum absolute atomic E-state index is 0.250. The van der Waals surface area contributed by atoms with Crippen molar-refractivity contribution in [3.05, 3.63) is 33.7 Å². The number of rotatable bonds is 7. The van der Waals surface area contributed by atoms with Crippen molar-refractivity contribution in [1.82, 2.24) is 0 Å². The predicted octanol–water partition coefficient (Wildman–Crippen LogP) is 5.86. The fraction of sp³-hybridized carbons (Fsp3) is 0.571. The van der Waals surface area contributed by atoms with Crippen LogP contribution in [0.4, 0.5) is 0 Å². The van der Waals surface area contributed by atoms with Crippen LogP contribution in [0, 0.1) is 5.92 Å². The summed E-state index contributed by atoms with van der Waals surface area (Å²) in [6, 6.07) is 3.81. The molecule has 1 aliphatic rings. The Kier molecular flexibility index (Phi) is 5.78. The zero-order valence-corrected chi connectivity index (χ0v) is 16.2. The van der Waals surface area contributed by atoms with Gasteiger partial charge in [-0.25, -0.2) is 4.79 Å². The molecule has 0 aliphatic carbocycles. The topological polar surface area (TPSA) is 50.4 Å². The van der Waals surface area contributed by atoms with Gasteiger partial charge in [0.1, 0.15) is 11.3 Å². The van der Waals surface area contributed by atoms with E-state index < -0.39 is 0 Å². The summed E-state index contributed by atoms with van der Waals surface area (Å²) in [5.74, 6) is 2.06. The van der Waals surface area contributed by atoms with Crippen molar-refractivity contribution < 1.29 is 9.52 Å². The normalized spacial score (nSPS) is 17.8. The number of aryl methyl sites for hydroxylation is 1. The summed E-state index contributed by atoms with van der Waals surface area (Å²) in [5.41, 5.74) is 2.29. The number of fused-ring (bicyclic) bond motifs is 3. The number of unbranched alkanes of at least 4 members (excludes halogenated alkanes) is 2. The van der Waals surface area contributed by atoms with Crippen molar-refractivity contribution in [3.63, 3.8) is 0 Å². The van der Waals surface area contributed by atoms with Crippen LogP contribution in [0.2, 0.25) is 0 Å². The van der Waals surface area contributed by atoms with Crippen molar-refractivity contribution in [2.75, 3.05) is 5.75 Å². The van der Waals surface area contributed by atoms with Gasteiger partial charge in [-0.2, -0.15) is 0 Å². The Morgan fingerprint density at radius 1 is 1.32 bits per heavy atom. The fourth-order valence-electron chi connectivity index (χ4n) is 3.72. The van der Waals surface area contributed by atoms with Gasteiger partial charge in [-0.3, -0.25) is 0 Å². The van der Waals surface area contributed by atoms with Gasteiger partial charge in [0.2, 0.25) is 0 Å². The number of hydrogen-bond acceptors (Lipinski definition) is 4. The standard InChI is InChI=1S/C21H28O3S/c1-4-5-6-7-13(2)8-9-15-10-16(22)19-17(11-15)24-21(23)20-18(19)14(3)12-25-20/h10-11,13-14,22H,4-9,12H2,1-3H3. The molecule has 136 valence electrons. The van der Waals surface area contributed by atoms with Crippen molar-refractivity contribution in [2.24, 2.45) is 5.92 Å². The lowest BCUT2D eigenvalue weighted by atomic mass is 9.94. The quantitative estimate of drug-likeness (QED) is 0.496. The molecule has 1 N–H and O–H groups in total. The molecule has 2 atom stereocenters. The van der Waals surface area contributed by atoms with Crippen molar-refractivity contribution in [2.45, 2.75) is 70.1 Å². The van der Waals surface area contributed by atoms with Crippen molar-refractivity contribution in [3.8, 4) is 5.75 Å². The highest BCUT2D eigenvalue weighted by Gasteiger charge is 2.28. The number of phenolic OH excluding ortho intramolecular Hbond substituents is 1. The molecule has 2 unspecified atom stereocenters. The number of benzene rings is 1. The summed E-state index contributed by atoms with van der Waals surface area (Å²) in [6.45, 7) is 6.62. The molecule has 0 bridgehead atoms. The maximum absolute atomic E-state index is 12.2. The van der Waals surface area contributed by atoms with E-state index in [2.05, 4.69) is 20.8 Å². The highest BCUT2D eigenvalue weighted by atomic mass is 32.2. The fourth-order valence-corrected chi connectivity index (χ4v) is 4.92. The van der Waals surface area contributed by atoms with Gasteiger partial charge in [0.15, 0.2) is 0 Å². The maximum Gasteiger partial charge on any atom is 0.350 e. The molecule has 1 aromatic heterocycles. The van der Waals surface area contributed by atoms with E-state index in [0.717, 1.165) is 35.1 Å². The van der Waals surface area contributed by atoms with Gasteiger partial charge in [-0.15, -0.1) is 11.8 Å². The van der Waals surface area contributed by atoms with Crippen LogP contribution in [0.3, 0.4) is 0 Å². The molecular weight excluding hydrogens is 332 g/mol. The van der Waals surface area contributed by atoms with Crippen LogP contribution in [0.1, 0.15) is 69.9 Å².